The van der Waals surface area contributed by atoms with Gasteiger partial charge in [-0.15, -0.1) is 0 Å². The maximum absolute atomic E-state index is 11.7. The van der Waals surface area contributed by atoms with Crippen LogP contribution in [-0.4, -0.2) is 19.1 Å². The number of ether oxygens (including phenoxy) is 1. The van der Waals surface area contributed by atoms with Gasteiger partial charge >= 0.3 is 5.97 Å². The quantitative estimate of drug-likeness (QED) is 0.819. The van der Waals surface area contributed by atoms with Crippen LogP contribution >= 0.6 is 0 Å². The first kappa shape index (κ1) is 13.8. The van der Waals surface area contributed by atoms with E-state index in [1.54, 1.807) is 0 Å². The van der Waals surface area contributed by atoms with Crippen molar-refractivity contribution in [3.8, 4) is 0 Å². The maximum atomic E-state index is 11.7. The van der Waals surface area contributed by atoms with Gasteiger partial charge in [-0.3, -0.25) is 10.1 Å². The Morgan fingerprint density at radius 3 is 2.53 bits per heavy atom. The maximum Gasteiger partial charge on any atom is 0.323 e. The topological polar surface area (TPSA) is 51.5 Å². The van der Waals surface area contributed by atoms with Crippen molar-refractivity contribution in [2.75, 3.05) is 7.11 Å². The third-order valence-corrected chi connectivity index (χ3v) is 2.58. The Kier molecular flexibility index (Phi) is 4.34. The minimum absolute atomic E-state index is 0.200. The summed E-state index contributed by atoms with van der Waals surface area (Å²) < 4.78 is 10.2. The standard InChI is InChI=1S/C13H21NO3/c1-9-6-7-10(17-9)8-14-11(12(15)16-5)13(2,3)4/h6-7,11,14H,8H2,1-5H3. The van der Waals surface area contributed by atoms with Crippen LogP contribution < -0.4 is 5.32 Å². The Morgan fingerprint density at radius 2 is 2.12 bits per heavy atom. The van der Waals surface area contributed by atoms with E-state index in [1.165, 1.54) is 7.11 Å². The number of furan rings is 1. The number of rotatable bonds is 4. The molecule has 1 N–H and O–H groups in total. The molecule has 96 valence electrons. The number of methoxy groups -OCH3 is 1. The van der Waals surface area contributed by atoms with Crippen LogP contribution in [0, 0.1) is 12.3 Å². The lowest BCUT2D eigenvalue weighted by Gasteiger charge is -2.28. The largest absolute Gasteiger partial charge is 0.468 e. The molecule has 1 unspecified atom stereocenters. The number of esters is 1. The third-order valence-electron chi connectivity index (χ3n) is 2.58. The van der Waals surface area contributed by atoms with E-state index in [0.29, 0.717) is 6.54 Å². The molecule has 0 fully saturated rings. The summed E-state index contributed by atoms with van der Waals surface area (Å²) in [6.07, 6.45) is 0. The number of nitrogens with one attached hydrogen (secondary N) is 1. The number of carbonyl (C=O) groups is 1. The van der Waals surface area contributed by atoms with Gasteiger partial charge in [0, 0.05) is 0 Å². The second-order valence-corrected chi connectivity index (χ2v) is 5.22. The predicted octanol–water partition coefficient (Wildman–Crippen LogP) is 2.27. The van der Waals surface area contributed by atoms with Crippen LogP contribution in [0.1, 0.15) is 32.3 Å². The summed E-state index contributed by atoms with van der Waals surface area (Å²) >= 11 is 0. The summed E-state index contributed by atoms with van der Waals surface area (Å²) in [7, 11) is 1.40. The van der Waals surface area contributed by atoms with Gasteiger partial charge in [0.05, 0.1) is 13.7 Å². The first-order valence-electron chi connectivity index (χ1n) is 5.71. The molecular weight excluding hydrogens is 218 g/mol. The third kappa shape index (κ3) is 3.89. The van der Waals surface area contributed by atoms with Crippen LogP contribution in [0.5, 0.6) is 0 Å². The average molecular weight is 239 g/mol. The van der Waals surface area contributed by atoms with Crippen molar-refractivity contribution in [1.29, 1.82) is 0 Å². The number of hydrogen-bond donors (Lipinski definition) is 1. The molecule has 0 aliphatic carbocycles. The molecule has 1 aromatic heterocycles. The summed E-state index contributed by atoms with van der Waals surface area (Å²) in [5, 5.41) is 3.17. The molecule has 0 aromatic carbocycles. The normalized spacial score (nSPS) is 13.5. The van der Waals surface area contributed by atoms with Gasteiger partial charge in [0.25, 0.3) is 0 Å². The van der Waals surface area contributed by atoms with Crippen molar-refractivity contribution >= 4 is 5.97 Å². The molecule has 1 rings (SSSR count). The van der Waals surface area contributed by atoms with Crippen molar-refractivity contribution < 1.29 is 13.9 Å². The van der Waals surface area contributed by atoms with E-state index in [-0.39, 0.29) is 17.4 Å². The van der Waals surface area contributed by atoms with Crippen LogP contribution in [0.15, 0.2) is 16.5 Å². The van der Waals surface area contributed by atoms with Gasteiger partial charge in [-0.05, 0) is 24.5 Å². The highest BCUT2D eigenvalue weighted by Crippen LogP contribution is 2.21. The van der Waals surface area contributed by atoms with E-state index < -0.39 is 0 Å². The lowest BCUT2D eigenvalue weighted by molar-refractivity contribution is -0.146. The van der Waals surface area contributed by atoms with Crippen LogP contribution in [0.25, 0.3) is 0 Å². The first-order valence-corrected chi connectivity index (χ1v) is 5.71. The van der Waals surface area contributed by atoms with Crippen molar-refractivity contribution in [2.45, 2.75) is 40.3 Å². The number of aryl methyl sites for hydroxylation is 1. The molecule has 4 nitrogen and oxygen atoms in total. The summed E-state index contributed by atoms with van der Waals surface area (Å²) in [6, 6.07) is 3.46. The summed E-state index contributed by atoms with van der Waals surface area (Å²) in [5.41, 5.74) is -0.200. The van der Waals surface area contributed by atoms with Gasteiger partial charge < -0.3 is 9.15 Å². The SMILES string of the molecule is COC(=O)C(NCc1ccc(C)o1)C(C)(C)C. The summed E-state index contributed by atoms with van der Waals surface area (Å²) in [4.78, 5) is 11.7. The molecule has 0 radical (unpaired) electrons. The molecule has 0 saturated heterocycles. The molecule has 1 heterocycles. The highest BCUT2D eigenvalue weighted by Gasteiger charge is 2.31. The Hall–Kier alpha value is -1.29. The Bertz CT molecular complexity index is 376. The Morgan fingerprint density at radius 1 is 1.47 bits per heavy atom. The number of carbonyl (C=O) groups excluding carboxylic acids is 1. The highest BCUT2D eigenvalue weighted by molar-refractivity contribution is 5.76. The van der Waals surface area contributed by atoms with Gasteiger partial charge in [-0.2, -0.15) is 0 Å². The van der Waals surface area contributed by atoms with Gasteiger partial charge in [0.1, 0.15) is 17.6 Å². The van der Waals surface area contributed by atoms with E-state index in [2.05, 4.69) is 5.32 Å². The Balaban J connectivity index is 2.65. The van der Waals surface area contributed by atoms with E-state index in [0.717, 1.165) is 11.5 Å². The molecule has 1 aromatic rings. The summed E-state index contributed by atoms with van der Waals surface area (Å²) in [5.74, 6) is 1.44. The molecule has 17 heavy (non-hydrogen) atoms. The molecule has 4 heteroatoms. The van der Waals surface area contributed by atoms with Crippen LogP contribution in [0.4, 0.5) is 0 Å². The second-order valence-electron chi connectivity index (χ2n) is 5.22. The van der Waals surface area contributed by atoms with Crippen LogP contribution in [0.2, 0.25) is 0 Å². The molecular formula is C13H21NO3. The van der Waals surface area contributed by atoms with Gasteiger partial charge in [-0.25, -0.2) is 0 Å². The van der Waals surface area contributed by atoms with Crippen molar-refractivity contribution in [2.24, 2.45) is 5.41 Å². The predicted molar refractivity (Wildman–Crippen MR) is 65.5 cm³/mol. The van der Waals surface area contributed by atoms with E-state index in [4.69, 9.17) is 9.15 Å². The average Bonchev–Trinajstić information content (AvgIpc) is 2.62. The smallest absolute Gasteiger partial charge is 0.323 e. The minimum Gasteiger partial charge on any atom is -0.468 e. The van der Waals surface area contributed by atoms with E-state index in [9.17, 15) is 4.79 Å². The van der Waals surface area contributed by atoms with E-state index in [1.807, 2.05) is 39.8 Å². The van der Waals surface area contributed by atoms with Gasteiger partial charge in [-0.1, -0.05) is 20.8 Å². The van der Waals surface area contributed by atoms with E-state index >= 15 is 0 Å². The fraction of sp³-hybridized carbons (Fsp3) is 0.615. The molecule has 0 spiro atoms. The molecule has 0 saturated carbocycles. The van der Waals surface area contributed by atoms with Crippen LogP contribution in [0.3, 0.4) is 0 Å². The molecule has 0 aliphatic heterocycles. The Labute approximate surface area is 102 Å². The summed E-state index contributed by atoms with van der Waals surface area (Å²) in [6.45, 7) is 8.40. The zero-order chi connectivity index (χ0) is 13.1. The fourth-order valence-corrected chi connectivity index (χ4v) is 1.64. The highest BCUT2D eigenvalue weighted by atomic mass is 16.5. The van der Waals surface area contributed by atoms with Crippen LogP contribution in [-0.2, 0) is 16.1 Å². The van der Waals surface area contributed by atoms with Crippen molar-refractivity contribution in [1.82, 2.24) is 5.32 Å². The van der Waals surface area contributed by atoms with Crippen molar-refractivity contribution in [3.63, 3.8) is 0 Å². The van der Waals surface area contributed by atoms with Gasteiger partial charge in [0.2, 0.25) is 0 Å². The van der Waals surface area contributed by atoms with Crippen molar-refractivity contribution in [3.05, 3.63) is 23.7 Å². The second kappa shape index (κ2) is 5.36. The fourth-order valence-electron chi connectivity index (χ4n) is 1.64. The molecule has 0 aliphatic rings. The molecule has 1 atom stereocenters. The lowest BCUT2D eigenvalue weighted by Crippen LogP contribution is -2.46. The monoisotopic (exact) mass is 239 g/mol. The number of hydrogen-bond acceptors (Lipinski definition) is 4. The zero-order valence-electron chi connectivity index (χ0n) is 11.2. The minimum atomic E-state index is -0.349. The lowest BCUT2D eigenvalue weighted by atomic mass is 9.86. The first-order chi connectivity index (χ1) is 7.84. The zero-order valence-corrected chi connectivity index (χ0v) is 11.2. The van der Waals surface area contributed by atoms with Gasteiger partial charge in [0.15, 0.2) is 0 Å². The molecule has 0 amide bonds. The molecule has 0 bridgehead atoms.